The van der Waals surface area contributed by atoms with E-state index in [2.05, 4.69) is 0 Å². The van der Waals surface area contributed by atoms with E-state index in [1.807, 2.05) is 6.92 Å². The number of carbonyl (C=O) groups is 1. The number of sulfonamides is 1. The van der Waals surface area contributed by atoms with Crippen LogP contribution >= 0.6 is 12.4 Å². The van der Waals surface area contributed by atoms with Gasteiger partial charge in [-0.05, 0) is 32.1 Å². The van der Waals surface area contributed by atoms with E-state index in [4.69, 9.17) is 10.5 Å². The van der Waals surface area contributed by atoms with Crippen LogP contribution in [0.5, 0.6) is 0 Å². The zero-order valence-corrected chi connectivity index (χ0v) is 14.9. The predicted molar refractivity (Wildman–Crippen MR) is 87.3 cm³/mol. The monoisotopic (exact) mass is 354 g/mol. The molecule has 1 saturated carbocycles. The van der Waals surface area contributed by atoms with E-state index in [-0.39, 0.29) is 24.4 Å². The molecule has 1 heterocycles. The summed E-state index contributed by atoms with van der Waals surface area (Å²) >= 11 is 0. The van der Waals surface area contributed by atoms with Crippen LogP contribution in [0.25, 0.3) is 0 Å². The Kier molecular flexibility index (Phi) is 7.11. The zero-order valence-electron chi connectivity index (χ0n) is 13.2. The molecule has 4 atom stereocenters. The molecule has 22 heavy (non-hydrogen) atoms. The molecule has 2 N–H and O–H groups in total. The van der Waals surface area contributed by atoms with Gasteiger partial charge in [-0.1, -0.05) is 12.8 Å². The second kappa shape index (κ2) is 7.95. The van der Waals surface area contributed by atoms with Gasteiger partial charge in [-0.15, -0.1) is 12.4 Å². The van der Waals surface area contributed by atoms with Gasteiger partial charge in [-0.25, -0.2) is 12.7 Å². The SMILES string of the molecule is COC(=O)C1CCCCC1S(=O)(=O)N1CCC(C(C)N)C1.Cl. The van der Waals surface area contributed by atoms with Crippen molar-refractivity contribution in [1.82, 2.24) is 4.31 Å². The number of hydrogen-bond donors (Lipinski definition) is 1. The summed E-state index contributed by atoms with van der Waals surface area (Å²) in [7, 11) is -2.13. The molecule has 0 bridgehead atoms. The Morgan fingerprint density at radius 2 is 1.91 bits per heavy atom. The highest BCUT2D eigenvalue weighted by Crippen LogP contribution is 2.34. The molecule has 0 aromatic carbocycles. The average Bonchev–Trinajstić information content (AvgIpc) is 2.97. The van der Waals surface area contributed by atoms with Gasteiger partial charge in [0, 0.05) is 19.1 Å². The highest BCUT2D eigenvalue weighted by atomic mass is 35.5. The second-order valence-electron chi connectivity index (χ2n) is 6.26. The van der Waals surface area contributed by atoms with Crippen LogP contribution in [0, 0.1) is 11.8 Å². The first-order valence-electron chi connectivity index (χ1n) is 7.70. The van der Waals surface area contributed by atoms with Crippen LogP contribution in [0.1, 0.15) is 39.0 Å². The second-order valence-corrected chi connectivity index (χ2v) is 8.42. The number of rotatable bonds is 4. The molecule has 2 rings (SSSR count). The van der Waals surface area contributed by atoms with E-state index in [0.717, 1.165) is 19.3 Å². The average molecular weight is 355 g/mol. The summed E-state index contributed by atoms with van der Waals surface area (Å²) in [5, 5.41) is -0.634. The number of halogens is 1. The fourth-order valence-corrected chi connectivity index (χ4v) is 5.75. The number of nitrogens with zero attached hydrogens (tertiary/aromatic N) is 1. The molecule has 2 fully saturated rings. The third-order valence-corrected chi connectivity index (χ3v) is 7.26. The van der Waals surface area contributed by atoms with Crippen LogP contribution < -0.4 is 5.73 Å². The quantitative estimate of drug-likeness (QED) is 0.764. The molecular formula is C14H27ClN2O4S. The van der Waals surface area contributed by atoms with E-state index >= 15 is 0 Å². The Morgan fingerprint density at radius 3 is 2.45 bits per heavy atom. The highest BCUT2D eigenvalue weighted by Gasteiger charge is 2.45. The van der Waals surface area contributed by atoms with Crippen molar-refractivity contribution in [1.29, 1.82) is 0 Å². The maximum atomic E-state index is 12.9. The van der Waals surface area contributed by atoms with Crippen molar-refractivity contribution < 1.29 is 17.9 Å². The molecule has 0 aromatic rings. The van der Waals surface area contributed by atoms with Crippen LogP contribution in [-0.2, 0) is 19.6 Å². The van der Waals surface area contributed by atoms with Crippen LogP contribution in [-0.4, -0.2) is 50.2 Å². The minimum absolute atomic E-state index is 0. The van der Waals surface area contributed by atoms with Crippen molar-refractivity contribution in [2.75, 3.05) is 20.2 Å². The minimum atomic E-state index is -3.46. The number of nitrogens with two attached hydrogens (primary N) is 1. The number of hydrogen-bond acceptors (Lipinski definition) is 5. The third-order valence-electron chi connectivity index (χ3n) is 4.88. The van der Waals surface area contributed by atoms with E-state index in [1.165, 1.54) is 11.4 Å². The molecule has 6 nitrogen and oxygen atoms in total. The van der Waals surface area contributed by atoms with Crippen molar-refractivity contribution in [2.24, 2.45) is 17.6 Å². The van der Waals surface area contributed by atoms with Crippen molar-refractivity contribution in [3.05, 3.63) is 0 Å². The number of ether oxygens (including phenoxy) is 1. The fraction of sp³-hybridized carbons (Fsp3) is 0.929. The molecule has 0 amide bonds. The highest BCUT2D eigenvalue weighted by molar-refractivity contribution is 7.89. The summed E-state index contributed by atoms with van der Waals surface area (Å²) in [6.07, 6.45) is 3.67. The topological polar surface area (TPSA) is 89.7 Å². The van der Waals surface area contributed by atoms with Gasteiger partial charge >= 0.3 is 5.97 Å². The van der Waals surface area contributed by atoms with Gasteiger partial charge in [0.15, 0.2) is 0 Å². The molecule has 2 aliphatic rings. The summed E-state index contributed by atoms with van der Waals surface area (Å²) in [4.78, 5) is 11.9. The molecular weight excluding hydrogens is 328 g/mol. The number of esters is 1. The number of methoxy groups -OCH3 is 1. The largest absolute Gasteiger partial charge is 0.469 e. The van der Waals surface area contributed by atoms with Crippen molar-refractivity contribution in [3.63, 3.8) is 0 Å². The van der Waals surface area contributed by atoms with Gasteiger partial charge in [0.1, 0.15) is 0 Å². The zero-order chi connectivity index (χ0) is 15.6. The molecule has 130 valence electrons. The maximum Gasteiger partial charge on any atom is 0.310 e. The molecule has 0 radical (unpaired) electrons. The van der Waals surface area contributed by atoms with E-state index in [9.17, 15) is 13.2 Å². The fourth-order valence-electron chi connectivity index (χ4n) is 3.48. The summed E-state index contributed by atoms with van der Waals surface area (Å²) in [5.74, 6) is -0.714. The Morgan fingerprint density at radius 1 is 1.27 bits per heavy atom. The molecule has 0 aromatic heterocycles. The van der Waals surface area contributed by atoms with Crippen molar-refractivity contribution in [3.8, 4) is 0 Å². The van der Waals surface area contributed by atoms with Gasteiger partial charge < -0.3 is 10.5 Å². The summed E-state index contributed by atoms with van der Waals surface area (Å²) < 4.78 is 32.1. The van der Waals surface area contributed by atoms with Crippen LogP contribution in [0.4, 0.5) is 0 Å². The first-order chi connectivity index (χ1) is 9.87. The normalized spacial score (nSPS) is 31.3. The van der Waals surface area contributed by atoms with E-state index in [1.54, 1.807) is 0 Å². The van der Waals surface area contributed by atoms with Crippen molar-refractivity contribution >= 4 is 28.4 Å². The summed E-state index contributed by atoms with van der Waals surface area (Å²) in [5.41, 5.74) is 5.88. The predicted octanol–water partition coefficient (Wildman–Crippen LogP) is 1.14. The van der Waals surface area contributed by atoms with Gasteiger partial charge in [-0.2, -0.15) is 0 Å². The molecule has 1 aliphatic heterocycles. The molecule has 8 heteroatoms. The molecule has 0 spiro atoms. The lowest BCUT2D eigenvalue weighted by Crippen LogP contribution is -2.45. The maximum absolute atomic E-state index is 12.9. The smallest absolute Gasteiger partial charge is 0.310 e. The lowest BCUT2D eigenvalue weighted by Gasteiger charge is -2.32. The van der Waals surface area contributed by atoms with E-state index in [0.29, 0.717) is 25.9 Å². The molecule has 4 unspecified atom stereocenters. The summed E-state index contributed by atoms with van der Waals surface area (Å²) in [6, 6.07) is -0.00652. The van der Waals surface area contributed by atoms with Gasteiger partial charge in [0.05, 0.1) is 18.3 Å². The summed E-state index contributed by atoms with van der Waals surface area (Å²) in [6.45, 7) is 2.90. The molecule has 1 saturated heterocycles. The molecule has 1 aliphatic carbocycles. The minimum Gasteiger partial charge on any atom is -0.469 e. The third kappa shape index (κ3) is 3.93. The van der Waals surface area contributed by atoms with Gasteiger partial charge in [0.2, 0.25) is 10.0 Å². The van der Waals surface area contributed by atoms with Crippen LogP contribution in [0.15, 0.2) is 0 Å². The van der Waals surface area contributed by atoms with Gasteiger partial charge in [0.25, 0.3) is 0 Å². The van der Waals surface area contributed by atoms with Gasteiger partial charge in [-0.3, -0.25) is 4.79 Å². The van der Waals surface area contributed by atoms with Crippen molar-refractivity contribution in [2.45, 2.75) is 50.3 Å². The lowest BCUT2D eigenvalue weighted by molar-refractivity contribution is -0.146. The Labute approximate surface area is 139 Å². The lowest BCUT2D eigenvalue weighted by atomic mass is 9.89. The first kappa shape index (κ1) is 19.7. The Hall–Kier alpha value is -0.370. The van der Waals surface area contributed by atoms with E-state index < -0.39 is 27.2 Å². The standard InChI is InChI=1S/C14H26N2O4S.ClH/c1-10(15)11-7-8-16(9-11)21(18,19)13-6-4-3-5-12(13)14(17)20-2;/h10-13H,3-9,15H2,1-2H3;1H. The Balaban J connectivity index is 0.00000242. The Bertz CT molecular complexity index is 483. The van der Waals surface area contributed by atoms with Crippen LogP contribution in [0.3, 0.4) is 0 Å². The number of carbonyl (C=O) groups excluding carboxylic acids is 1. The first-order valence-corrected chi connectivity index (χ1v) is 9.20. The van der Waals surface area contributed by atoms with Crippen LogP contribution in [0.2, 0.25) is 0 Å².